The van der Waals surface area contributed by atoms with Gasteiger partial charge in [0, 0.05) is 13.2 Å². The molecule has 0 aliphatic rings. The lowest BCUT2D eigenvalue weighted by atomic mass is 9.94. The molecule has 0 aromatic carbocycles. The minimum absolute atomic E-state index is 0.146. The van der Waals surface area contributed by atoms with Gasteiger partial charge in [0.1, 0.15) is 23.2 Å². The predicted octanol–water partition coefficient (Wildman–Crippen LogP) is 0.397. The van der Waals surface area contributed by atoms with Crippen molar-refractivity contribution in [3.05, 3.63) is 18.2 Å². The van der Waals surface area contributed by atoms with Gasteiger partial charge in [0.05, 0.1) is 6.33 Å². The van der Waals surface area contributed by atoms with Crippen LogP contribution in [0.2, 0.25) is 0 Å². The van der Waals surface area contributed by atoms with Crippen LogP contribution >= 0.6 is 0 Å². The standard InChI is InChI=1S/C10H12N2O3/c1-6(13)9(7(2)14)10(15)8-4-12(3)5-11-8/h4-5,9H,1-3H3. The third-order valence-electron chi connectivity index (χ3n) is 2.03. The molecule has 0 aliphatic carbocycles. The number of rotatable bonds is 4. The number of Topliss-reactive ketones (excluding diaryl/α,β-unsaturated/α-hetero) is 3. The molecule has 5 nitrogen and oxygen atoms in total. The fourth-order valence-corrected chi connectivity index (χ4v) is 1.34. The number of hydrogen-bond acceptors (Lipinski definition) is 4. The lowest BCUT2D eigenvalue weighted by Gasteiger charge is -2.06. The topological polar surface area (TPSA) is 69.0 Å². The van der Waals surface area contributed by atoms with Crippen LogP contribution in [0.15, 0.2) is 12.5 Å². The van der Waals surface area contributed by atoms with Crippen LogP contribution in [0.5, 0.6) is 0 Å². The number of aromatic nitrogens is 2. The van der Waals surface area contributed by atoms with Gasteiger partial charge in [0.2, 0.25) is 5.78 Å². The summed E-state index contributed by atoms with van der Waals surface area (Å²) in [7, 11) is 1.71. The monoisotopic (exact) mass is 208 g/mol. The first-order valence-electron chi connectivity index (χ1n) is 4.46. The van der Waals surface area contributed by atoms with Gasteiger partial charge in [-0.15, -0.1) is 0 Å². The molecule has 0 bridgehead atoms. The maximum Gasteiger partial charge on any atom is 0.200 e. The Kier molecular flexibility index (Phi) is 3.14. The lowest BCUT2D eigenvalue weighted by Crippen LogP contribution is -2.28. The summed E-state index contributed by atoms with van der Waals surface area (Å²) in [6.45, 7) is 2.46. The van der Waals surface area contributed by atoms with Crippen LogP contribution in [0.3, 0.4) is 0 Å². The smallest absolute Gasteiger partial charge is 0.200 e. The van der Waals surface area contributed by atoms with E-state index in [1.54, 1.807) is 11.6 Å². The first-order valence-corrected chi connectivity index (χ1v) is 4.46. The van der Waals surface area contributed by atoms with Crippen molar-refractivity contribution in [3.63, 3.8) is 0 Å². The van der Waals surface area contributed by atoms with E-state index in [1.165, 1.54) is 26.4 Å². The van der Waals surface area contributed by atoms with Crippen molar-refractivity contribution >= 4 is 17.3 Å². The summed E-state index contributed by atoms with van der Waals surface area (Å²) >= 11 is 0. The van der Waals surface area contributed by atoms with E-state index in [0.717, 1.165) is 0 Å². The van der Waals surface area contributed by atoms with E-state index >= 15 is 0 Å². The zero-order valence-corrected chi connectivity index (χ0v) is 8.85. The lowest BCUT2D eigenvalue weighted by molar-refractivity contribution is -0.128. The van der Waals surface area contributed by atoms with E-state index in [1.807, 2.05) is 0 Å². The molecule has 0 aliphatic heterocycles. The first-order chi connectivity index (χ1) is 6.93. The Bertz CT molecular complexity index is 406. The van der Waals surface area contributed by atoms with Gasteiger partial charge in [-0.05, 0) is 13.8 Å². The summed E-state index contributed by atoms with van der Waals surface area (Å²) in [6, 6.07) is 0. The summed E-state index contributed by atoms with van der Waals surface area (Å²) in [5.74, 6) is -2.63. The maximum absolute atomic E-state index is 11.7. The van der Waals surface area contributed by atoms with Crippen molar-refractivity contribution < 1.29 is 14.4 Å². The fraction of sp³-hybridized carbons (Fsp3) is 0.400. The minimum Gasteiger partial charge on any atom is -0.340 e. The number of nitrogens with zero attached hydrogens (tertiary/aromatic N) is 2. The molecule has 0 N–H and O–H groups in total. The second-order valence-corrected chi connectivity index (χ2v) is 3.44. The van der Waals surface area contributed by atoms with E-state index < -0.39 is 23.3 Å². The number of carbonyl (C=O) groups excluding carboxylic acids is 3. The van der Waals surface area contributed by atoms with E-state index in [2.05, 4.69) is 4.98 Å². The summed E-state index contributed by atoms with van der Waals surface area (Å²) in [4.78, 5) is 37.8. The SMILES string of the molecule is CC(=O)C(C(C)=O)C(=O)c1cn(C)cn1. The molecule has 1 heterocycles. The highest BCUT2D eigenvalue weighted by Crippen LogP contribution is 2.09. The summed E-state index contributed by atoms with van der Waals surface area (Å²) in [5.41, 5.74) is 0.146. The average Bonchev–Trinajstić information content (AvgIpc) is 2.50. The van der Waals surface area contributed by atoms with Crippen LogP contribution in [0.4, 0.5) is 0 Å². The van der Waals surface area contributed by atoms with Gasteiger partial charge in [-0.3, -0.25) is 14.4 Å². The Balaban J connectivity index is 3.01. The fourth-order valence-electron chi connectivity index (χ4n) is 1.34. The number of hydrogen-bond donors (Lipinski definition) is 0. The number of imidazole rings is 1. The molecule has 0 saturated heterocycles. The quantitative estimate of drug-likeness (QED) is 0.530. The van der Waals surface area contributed by atoms with Gasteiger partial charge in [-0.1, -0.05) is 0 Å². The highest BCUT2D eigenvalue weighted by Gasteiger charge is 2.30. The Morgan fingerprint density at radius 2 is 1.80 bits per heavy atom. The van der Waals surface area contributed by atoms with Crippen LogP contribution in [-0.2, 0) is 16.6 Å². The molecular weight excluding hydrogens is 196 g/mol. The van der Waals surface area contributed by atoms with Gasteiger partial charge >= 0.3 is 0 Å². The zero-order valence-electron chi connectivity index (χ0n) is 8.85. The van der Waals surface area contributed by atoms with Gasteiger partial charge in [0.25, 0.3) is 0 Å². The van der Waals surface area contributed by atoms with E-state index in [-0.39, 0.29) is 5.69 Å². The molecule has 0 saturated carbocycles. The van der Waals surface area contributed by atoms with Crippen LogP contribution in [0.1, 0.15) is 24.3 Å². The summed E-state index contributed by atoms with van der Waals surface area (Å²) in [5, 5.41) is 0. The van der Waals surface area contributed by atoms with Crippen LogP contribution < -0.4 is 0 Å². The summed E-state index contributed by atoms with van der Waals surface area (Å²) in [6.07, 6.45) is 2.94. The summed E-state index contributed by atoms with van der Waals surface area (Å²) < 4.78 is 1.59. The van der Waals surface area contributed by atoms with E-state index in [9.17, 15) is 14.4 Å². The number of carbonyl (C=O) groups is 3. The van der Waals surface area contributed by atoms with Gasteiger partial charge in [-0.2, -0.15) is 0 Å². The van der Waals surface area contributed by atoms with Crippen LogP contribution in [0, 0.1) is 5.92 Å². The normalized spacial score (nSPS) is 10.4. The molecular formula is C10H12N2O3. The maximum atomic E-state index is 11.7. The largest absolute Gasteiger partial charge is 0.340 e. The van der Waals surface area contributed by atoms with Gasteiger partial charge in [0.15, 0.2) is 0 Å². The van der Waals surface area contributed by atoms with Crippen molar-refractivity contribution in [2.24, 2.45) is 13.0 Å². The molecule has 1 rings (SSSR count). The van der Waals surface area contributed by atoms with Crippen molar-refractivity contribution in [1.29, 1.82) is 0 Å². The molecule has 1 aromatic heterocycles. The van der Waals surface area contributed by atoms with Crippen LogP contribution in [0.25, 0.3) is 0 Å². The molecule has 0 fully saturated rings. The Labute approximate surface area is 87.1 Å². The molecule has 0 amide bonds. The predicted molar refractivity (Wildman–Crippen MR) is 52.4 cm³/mol. The Morgan fingerprint density at radius 3 is 2.13 bits per heavy atom. The molecule has 5 heteroatoms. The van der Waals surface area contributed by atoms with Crippen molar-refractivity contribution in [1.82, 2.24) is 9.55 Å². The second kappa shape index (κ2) is 4.16. The molecule has 80 valence electrons. The molecule has 15 heavy (non-hydrogen) atoms. The molecule has 0 spiro atoms. The van der Waals surface area contributed by atoms with Crippen molar-refractivity contribution in [2.45, 2.75) is 13.8 Å². The average molecular weight is 208 g/mol. The molecule has 0 radical (unpaired) electrons. The van der Waals surface area contributed by atoms with Crippen molar-refractivity contribution in [2.75, 3.05) is 0 Å². The first kappa shape index (κ1) is 11.3. The third-order valence-corrected chi connectivity index (χ3v) is 2.03. The number of ketones is 3. The van der Waals surface area contributed by atoms with Gasteiger partial charge < -0.3 is 4.57 Å². The Morgan fingerprint density at radius 1 is 1.27 bits per heavy atom. The zero-order chi connectivity index (χ0) is 11.6. The minimum atomic E-state index is -1.21. The molecule has 1 aromatic rings. The van der Waals surface area contributed by atoms with E-state index in [4.69, 9.17) is 0 Å². The third kappa shape index (κ3) is 2.37. The molecule has 0 unspecified atom stereocenters. The number of aryl methyl sites for hydroxylation is 1. The van der Waals surface area contributed by atoms with E-state index in [0.29, 0.717) is 0 Å². The second-order valence-electron chi connectivity index (χ2n) is 3.44. The Hall–Kier alpha value is -1.78. The molecule has 0 atom stereocenters. The van der Waals surface area contributed by atoms with Crippen molar-refractivity contribution in [3.8, 4) is 0 Å². The highest BCUT2D eigenvalue weighted by atomic mass is 16.2. The van der Waals surface area contributed by atoms with Crippen LogP contribution in [-0.4, -0.2) is 26.9 Å². The van der Waals surface area contributed by atoms with Gasteiger partial charge in [-0.25, -0.2) is 4.98 Å². The highest BCUT2D eigenvalue weighted by molar-refractivity contribution is 6.22.